The SMILES string of the molecule is COc1ccc(CC(N)C(OC)C(C)C)cc1F. The van der Waals surface area contributed by atoms with Crippen LogP contribution in [0, 0.1) is 11.7 Å². The monoisotopic (exact) mass is 255 g/mol. The fourth-order valence-corrected chi connectivity index (χ4v) is 2.17. The Morgan fingerprint density at radius 1 is 1.28 bits per heavy atom. The largest absolute Gasteiger partial charge is 0.494 e. The van der Waals surface area contributed by atoms with Crippen LogP contribution in [-0.4, -0.2) is 26.4 Å². The summed E-state index contributed by atoms with van der Waals surface area (Å²) >= 11 is 0. The molecule has 0 radical (unpaired) electrons. The molecule has 0 aliphatic rings. The van der Waals surface area contributed by atoms with Gasteiger partial charge in [-0.2, -0.15) is 0 Å². The van der Waals surface area contributed by atoms with Crippen molar-refractivity contribution in [3.05, 3.63) is 29.6 Å². The number of benzene rings is 1. The van der Waals surface area contributed by atoms with E-state index in [9.17, 15) is 4.39 Å². The number of rotatable bonds is 6. The molecule has 2 atom stereocenters. The van der Waals surface area contributed by atoms with Crippen LogP contribution in [0.25, 0.3) is 0 Å². The average Bonchev–Trinajstić information content (AvgIpc) is 2.29. The predicted molar refractivity (Wildman–Crippen MR) is 70.3 cm³/mol. The molecule has 1 aromatic rings. The molecule has 0 fully saturated rings. The average molecular weight is 255 g/mol. The van der Waals surface area contributed by atoms with E-state index in [0.717, 1.165) is 5.56 Å². The highest BCUT2D eigenvalue weighted by atomic mass is 19.1. The fourth-order valence-electron chi connectivity index (χ4n) is 2.17. The van der Waals surface area contributed by atoms with E-state index in [1.165, 1.54) is 13.2 Å². The molecule has 0 saturated carbocycles. The third-order valence-electron chi connectivity index (χ3n) is 3.04. The molecular formula is C14H22FNO2. The van der Waals surface area contributed by atoms with Crippen molar-refractivity contribution in [3.63, 3.8) is 0 Å². The van der Waals surface area contributed by atoms with Crippen LogP contribution in [0.1, 0.15) is 19.4 Å². The van der Waals surface area contributed by atoms with Crippen molar-refractivity contribution >= 4 is 0 Å². The van der Waals surface area contributed by atoms with Crippen LogP contribution in [-0.2, 0) is 11.2 Å². The topological polar surface area (TPSA) is 44.5 Å². The molecule has 0 amide bonds. The van der Waals surface area contributed by atoms with Gasteiger partial charge in [0.2, 0.25) is 0 Å². The second-order valence-corrected chi connectivity index (χ2v) is 4.78. The quantitative estimate of drug-likeness (QED) is 0.848. The van der Waals surface area contributed by atoms with E-state index in [0.29, 0.717) is 12.3 Å². The first kappa shape index (κ1) is 14.9. The molecule has 4 heteroatoms. The van der Waals surface area contributed by atoms with Crippen LogP contribution >= 0.6 is 0 Å². The lowest BCUT2D eigenvalue weighted by molar-refractivity contribution is 0.0441. The summed E-state index contributed by atoms with van der Waals surface area (Å²) in [5, 5.41) is 0. The molecule has 0 saturated heterocycles. The maximum atomic E-state index is 13.5. The highest BCUT2D eigenvalue weighted by Crippen LogP contribution is 2.20. The van der Waals surface area contributed by atoms with Gasteiger partial charge in [0.15, 0.2) is 11.6 Å². The fraction of sp³-hybridized carbons (Fsp3) is 0.571. The van der Waals surface area contributed by atoms with Crippen LogP contribution in [0.4, 0.5) is 4.39 Å². The number of ether oxygens (including phenoxy) is 2. The van der Waals surface area contributed by atoms with Crippen LogP contribution in [0.3, 0.4) is 0 Å². The molecule has 0 heterocycles. The van der Waals surface area contributed by atoms with E-state index < -0.39 is 0 Å². The van der Waals surface area contributed by atoms with Crippen molar-refractivity contribution in [1.29, 1.82) is 0 Å². The molecule has 0 aromatic heterocycles. The zero-order chi connectivity index (χ0) is 13.7. The summed E-state index contributed by atoms with van der Waals surface area (Å²) in [7, 11) is 3.10. The molecular weight excluding hydrogens is 233 g/mol. The van der Waals surface area contributed by atoms with Gasteiger partial charge in [-0.05, 0) is 30.0 Å². The normalized spacial score (nSPS) is 14.6. The minimum absolute atomic E-state index is 0.0323. The first-order valence-corrected chi connectivity index (χ1v) is 6.10. The summed E-state index contributed by atoms with van der Waals surface area (Å²) in [6.45, 7) is 4.12. The molecule has 2 N–H and O–H groups in total. The number of hydrogen-bond acceptors (Lipinski definition) is 3. The van der Waals surface area contributed by atoms with Crippen molar-refractivity contribution < 1.29 is 13.9 Å². The van der Waals surface area contributed by atoms with Crippen molar-refractivity contribution in [1.82, 2.24) is 0 Å². The number of nitrogens with two attached hydrogens (primary N) is 1. The maximum absolute atomic E-state index is 13.5. The van der Waals surface area contributed by atoms with Gasteiger partial charge >= 0.3 is 0 Å². The second-order valence-electron chi connectivity index (χ2n) is 4.78. The molecule has 18 heavy (non-hydrogen) atoms. The van der Waals surface area contributed by atoms with E-state index >= 15 is 0 Å². The Labute approximate surface area is 108 Å². The standard InChI is InChI=1S/C14H22FNO2/c1-9(2)14(18-4)12(16)8-10-5-6-13(17-3)11(15)7-10/h5-7,9,12,14H,8,16H2,1-4H3. The minimum Gasteiger partial charge on any atom is -0.494 e. The van der Waals surface area contributed by atoms with Gasteiger partial charge in [0.05, 0.1) is 13.2 Å². The lowest BCUT2D eigenvalue weighted by Crippen LogP contribution is -2.41. The van der Waals surface area contributed by atoms with Gasteiger partial charge in [-0.3, -0.25) is 0 Å². The molecule has 1 rings (SSSR count). The first-order valence-electron chi connectivity index (χ1n) is 6.10. The smallest absolute Gasteiger partial charge is 0.165 e. The van der Waals surface area contributed by atoms with Gasteiger partial charge in [0, 0.05) is 13.2 Å². The minimum atomic E-state index is -0.360. The van der Waals surface area contributed by atoms with Gasteiger partial charge in [-0.25, -0.2) is 4.39 Å². The summed E-state index contributed by atoms with van der Waals surface area (Å²) in [5.41, 5.74) is 6.95. The Hall–Kier alpha value is -1.13. The summed E-state index contributed by atoms with van der Waals surface area (Å²) in [6.07, 6.45) is 0.549. The third-order valence-corrected chi connectivity index (χ3v) is 3.04. The predicted octanol–water partition coefficient (Wildman–Crippen LogP) is 2.38. The summed E-state index contributed by atoms with van der Waals surface area (Å²) < 4.78 is 23.8. The van der Waals surface area contributed by atoms with Gasteiger partial charge in [-0.15, -0.1) is 0 Å². The lowest BCUT2D eigenvalue weighted by Gasteiger charge is -2.26. The Morgan fingerprint density at radius 2 is 1.94 bits per heavy atom. The highest BCUT2D eigenvalue weighted by Gasteiger charge is 2.21. The van der Waals surface area contributed by atoms with Gasteiger partial charge in [0.1, 0.15) is 0 Å². The summed E-state index contributed by atoms with van der Waals surface area (Å²) in [4.78, 5) is 0. The third kappa shape index (κ3) is 3.68. The maximum Gasteiger partial charge on any atom is 0.165 e. The molecule has 102 valence electrons. The molecule has 0 aliphatic carbocycles. The lowest BCUT2D eigenvalue weighted by atomic mass is 9.94. The number of hydrogen-bond donors (Lipinski definition) is 1. The molecule has 2 unspecified atom stereocenters. The zero-order valence-corrected chi connectivity index (χ0v) is 11.4. The van der Waals surface area contributed by atoms with Crippen LogP contribution < -0.4 is 10.5 Å². The first-order chi connectivity index (χ1) is 8.49. The van der Waals surface area contributed by atoms with Crippen LogP contribution in [0.2, 0.25) is 0 Å². The van der Waals surface area contributed by atoms with E-state index in [2.05, 4.69) is 13.8 Å². The van der Waals surface area contributed by atoms with Crippen LogP contribution in [0.5, 0.6) is 5.75 Å². The van der Waals surface area contributed by atoms with Gasteiger partial charge in [-0.1, -0.05) is 19.9 Å². The van der Waals surface area contributed by atoms with Crippen molar-refractivity contribution in [2.45, 2.75) is 32.4 Å². The van der Waals surface area contributed by atoms with Crippen molar-refractivity contribution in [2.24, 2.45) is 11.7 Å². The van der Waals surface area contributed by atoms with E-state index in [1.807, 2.05) is 6.07 Å². The number of halogens is 1. The highest BCUT2D eigenvalue weighted by molar-refractivity contribution is 5.29. The van der Waals surface area contributed by atoms with E-state index in [-0.39, 0.29) is 23.7 Å². The van der Waals surface area contributed by atoms with Crippen LogP contribution in [0.15, 0.2) is 18.2 Å². The summed E-state index contributed by atoms with van der Waals surface area (Å²) in [6, 6.07) is 4.76. The Bertz CT molecular complexity index is 382. The Morgan fingerprint density at radius 3 is 2.39 bits per heavy atom. The molecule has 0 aliphatic heterocycles. The van der Waals surface area contributed by atoms with Gasteiger partial charge in [0.25, 0.3) is 0 Å². The molecule has 1 aromatic carbocycles. The van der Waals surface area contributed by atoms with E-state index in [4.69, 9.17) is 15.2 Å². The summed E-state index contributed by atoms with van der Waals surface area (Å²) in [5.74, 6) is 0.216. The molecule has 0 spiro atoms. The Balaban J connectivity index is 2.75. The molecule has 0 bridgehead atoms. The van der Waals surface area contributed by atoms with E-state index in [1.54, 1.807) is 13.2 Å². The zero-order valence-electron chi connectivity index (χ0n) is 11.4. The molecule has 3 nitrogen and oxygen atoms in total. The van der Waals surface area contributed by atoms with Gasteiger partial charge < -0.3 is 15.2 Å². The second kappa shape index (κ2) is 6.71. The van der Waals surface area contributed by atoms with Crippen molar-refractivity contribution in [3.8, 4) is 5.75 Å². The Kier molecular flexibility index (Phi) is 5.56. The van der Waals surface area contributed by atoms with Crippen molar-refractivity contribution in [2.75, 3.05) is 14.2 Å². The number of methoxy groups -OCH3 is 2.